The molecule has 3 rings (SSSR count). The molecule has 1 unspecified atom stereocenters. The molecule has 5 nitrogen and oxygen atoms in total. The van der Waals surface area contributed by atoms with E-state index in [0.29, 0.717) is 5.92 Å². The maximum Gasteiger partial charge on any atom is 0.228 e. The molecule has 1 aliphatic carbocycles. The summed E-state index contributed by atoms with van der Waals surface area (Å²) in [6.45, 7) is 0.233. The van der Waals surface area contributed by atoms with Crippen LogP contribution in [0.5, 0.6) is 0 Å². The number of benzene rings is 1. The maximum atomic E-state index is 12.6. The molecule has 1 aromatic carbocycles. The molecule has 118 valence electrons. The number of rotatable bonds is 3. The predicted octanol–water partition coefficient (Wildman–Crippen LogP) is 1.78. The van der Waals surface area contributed by atoms with Crippen molar-refractivity contribution in [3.05, 3.63) is 29.8 Å². The third kappa shape index (κ3) is 3.14. The van der Waals surface area contributed by atoms with Crippen LogP contribution in [0.2, 0.25) is 0 Å². The second-order valence-corrected chi connectivity index (χ2v) is 6.30. The molecule has 1 atom stereocenters. The fourth-order valence-electron chi connectivity index (χ4n) is 3.44. The fourth-order valence-corrected chi connectivity index (χ4v) is 3.44. The van der Waals surface area contributed by atoms with Crippen LogP contribution in [0.4, 0.5) is 5.69 Å². The van der Waals surface area contributed by atoms with Gasteiger partial charge in [-0.2, -0.15) is 0 Å². The van der Waals surface area contributed by atoms with Gasteiger partial charge in [0.2, 0.25) is 11.8 Å². The third-order valence-electron chi connectivity index (χ3n) is 4.77. The number of amides is 2. The lowest BCUT2D eigenvalue weighted by Gasteiger charge is -2.31. The summed E-state index contributed by atoms with van der Waals surface area (Å²) in [6, 6.07) is 7.65. The minimum Gasteiger partial charge on any atom is -0.396 e. The average Bonchev–Trinajstić information content (AvgIpc) is 2.54. The van der Waals surface area contributed by atoms with Crippen molar-refractivity contribution < 1.29 is 14.7 Å². The molecular formula is C17H22N2O3. The molecule has 0 aromatic heterocycles. The molecule has 1 aliphatic heterocycles. The molecule has 1 fully saturated rings. The minimum absolute atomic E-state index is 0.0604. The number of para-hydroxylation sites is 1. The van der Waals surface area contributed by atoms with Crippen LogP contribution in [0.1, 0.15) is 43.6 Å². The summed E-state index contributed by atoms with van der Waals surface area (Å²) in [7, 11) is 0. The van der Waals surface area contributed by atoms with Crippen molar-refractivity contribution in [1.29, 1.82) is 0 Å². The Hall–Kier alpha value is -1.88. The highest BCUT2D eigenvalue weighted by molar-refractivity contribution is 6.01. The van der Waals surface area contributed by atoms with Crippen LogP contribution in [-0.2, 0) is 9.59 Å². The smallest absolute Gasteiger partial charge is 0.228 e. The van der Waals surface area contributed by atoms with E-state index >= 15 is 0 Å². The van der Waals surface area contributed by atoms with Crippen molar-refractivity contribution in [2.45, 2.75) is 44.1 Å². The summed E-state index contributed by atoms with van der Waals surface area (Å²) in [4.78, 5) is 24.4. The van der Waals surface area contributed by atoms with E-state index < -0.39 is 5.92 Å². The zero-order valence-corrected chi connectivity index (χ0v) is 12.5. The summed E-state index contributed by atoms with van der Waals surface area (Å²) in [5.74, 6) is -0.201. The molecule has 1 saturated carbocycles. The zero-order valence-electron chi connectivity index (χ0n) is 12.5. The molecule has 0 spiro atoms. The van der Waals surface area contributed by atoms with Crippen molar-refractivity contribution in [1.82, 2.24) is 5.32 Å². The number of hydrogen-bond donors (Lipinski definition) is 3. The third-order valence-corrected chi connectivity index (χ3v) is 4.77. The van der Waals surface area contributed by atoms with Gasteiger partial charge in [0.15, 0.2) is 0 Å². The van der Waals surface area contributed by atoms with E-state index in [9.17, 15) is 9.59 Å². The number of fused-ring (bicyclic) bond motifs is 1. The Kier molecular flexibility index (Phi) is 4.43. The quantitative estimate of drug-likeness (QED) is 0.796. The minimum atomic E-state index is -0.402. The highest BCUT2D eigenvalue weighted by atomic mass is 16.3. The Morgan fingerprint density at radius 2 is 1.95 bits per heavy atom. The maximum absolute atomic E-state index is 12.6. The molecule has 0 saturated heterocycles. The fraction of sp³-hybridized carbons (Fsp3) is 0.529. The lowest BCUT2D eigenvalue weighted by molar-refractivity contribution is -0.127. The van der Waals surface area contributed by atoms with Gasteiger partial charge in [0.05, 0.1) is 5.92 Å². The summed E-state index contributed by atoms with van der Waals surface area (Å²) >= 11 is 0. The topological polar surface area (TPSA) is 78.4 Å². The molecule has 2 amide bonds. The Morgan fingerprint density at radius 1 is 1.23 bits per heavy atom. The van der Waals surface area contributed by atoms with Gasteiger partial charge in [-0.15, -0.1) is 0 Å². The van der Waals surface area contributed by atoms with Gasteiger partial charge < -0.3 is 15.7 Å². The van der Waals surface area contributed by atoms with Crippen molar-refractivity contribution in [2.24, 2.45) is 5.92 Å². The average molecular weight is 302 g/mol. The van der Waals surface area contributed by atoms with E-state index in [2.05, 4.69) is 10.6 Å². The van der Waals surface area contributed by atoms with Crippen LogP contribution in [0.25, 0.3) is 0 Å². The van der Waals surface area contributed by atoms with E-state index in [0.717, 1.165) is 36.9 Å². The summed E-state index contributed by atoms with van der Waals surface area (Å²) in [5, 5.41) is 15.1. The summed E-state index contributed by atoms with van der Waals surface area (Å²) in [5.41, 5.74) is 1.63. The monoisotopic (exact) mass is 302 g/mol. The molecule has 0 radical (unpaired) electrons. The Labute approximate surface area is 130 Å². The van der Waals surface area contributed by atoms with E-state index in [4.69, 9.17) is 5.11 Å². The van der Waals surface area contributed by atoms with Crippen LogP contribution in [0, 0.1) is 5.92 Å². The number of carbonyl (C=O) groups is 2. The predicted molar refractivity (Wildman–Crippen MR) is 83.4 cm³/mol. The Morgan fingerprint density at radius 3 is 2.68 bits per heavy atom. The van der Waals surface area contributed by atoms with E-state index in [1.807, 2.05) is 24.3 Å². The van der Waals surface area contributed by atoms with Crippen LogP contribution in [0.15, 0.2) is 24.3 Å². The molecule has 3 N–H and O–H groups in total. The van der Waals surface area contributed by atoms with Gasteiger partial charge in [0, 0.05) is 24.8 Å². The van der Waals surface area contributed by atoms with E-state index in [1.54, 1.807) is 0 Å². The first kappa shape index (κ1) is 15.0. The lowest BCUT2D eigenvalue weighted by Crippen LogP contribution is -2.42. The summed E-state index contributed by atoms with van der Waals surface area (Å²) < 4.78 is 0. The molecule has 1 heterocycles. The molecular weight excluding hydrogens is 280 g/mol. The second-order valence-electron chi connectivity index (χ2n) is 6.30. The molecule has 0 bridgehead atoms. The summed E-state index contributed by atoms with van der Waals surface area (Å²) in [6.07, 6.45) is 3.90. The van der Waals surface area contributed by atoms with Crippen LogP contribution in [-0.4, -0.2) is 29.6 Å². The molecule has 22 heavy (non-hydrogen) atoms. The number of anilines is 1. The number of carbonyl (C=O) groups excluding carboxylic acids is 2. The first-order valence-corrected chi connectivity index (χ1v) is 7.97. The van der Waals surface area contributed by atoms with Gasteiger partial charge in [-0.1, -0.05) is 18.2 Å². The molecule has 2 aliphatic rings. The van der Waals surface area contributed by atoms with Gasteiger partial charge in [-0.3, -0.25) is 9.59 Å². The highest BCUT2D eigenvalue weighted by Crippen LogP contribution is 2.32. The van der Waals surface area contributed by atoms with Crippen molar-refractivity contribution in [2.75, 3.05) is 11.9 Å². The van der Waals surface area contributed by atoms with Gasteiger partial charge >= 0.3 is 0 Å². The zero-order chi connectivity index (χ0) is 15.5. The van der Waals surface area contributed by atoms with Crippen molar-refractivity contribution >= 4 is 17.5 Å². The van der Waals surface area contributed by atoms with E-state index in [-0.39, 0.29) is 30.9 Å². The van der Waals surface area contributed by atoms with Gasteiger partial charge in [-0.25, -0.2) is 0 Å². The van der Waals surface area contributed by atoms with E-state index in [1.165, 1.54) is 0 Å². The van der Waals surface area contributed by atoms with Crippen LogP contribution < -0.4 is 10.6 Å². The van der Waals surface area contributed by atoms with Crippen LogP contribution >= 0.6 is 0 Å². The van der Waals surface area contributed by atoms with Gasteiger partial charge in [0.1, 0.15) is 0 Å². The number of hydrogen-bond acceptors (Lipinski definition) is 3. The SMILES string of the molecule is O=C1CC(C(=O)NC2CCC(CO)CC2)c2ccccc2N1. The lowest BCUT2D eigenvalue weighted by atomic mass is 9.85. The number of nitrogens with one attached hydrogen (secondary N) is 2. The standard InChI is InChI=1S/C17H22N2O3/c20-10-11-5-7-12(8-6-11)18-17(22)14-9-16(21)19-15-4-2-1-3-13(14)15/h1-4,11-12,14,20H,5-10H2,(H,18,22)(H,19,21). The first-order chi connectivity index (χ1) is 10.7. The van der Waals surface area contributed by atoms with Gasteiger partial charge in [-0.05, 0) is 43.2 Å². The number of aliphatic hydroxyl groups is 1. The van der Waals surface area contributed by atoms with Crippen molar-refractivity contribution in [3.63, 3.8) is 0 Å². The molecule has 1 aromatic rings. The van der Waals surface area contributed by atoms with Gasteiger partial charge in [0.25, 0.3) is 0 Å². The molecule has 5 heteroatoms. The largest absolute Gasteiger partial charge is 0.396 e. The van der Waals surface area contributed by atoms with Crippen molar-refractivity contribution in [3.8, 4) is 0 Å². The highest BCUT2D eigenvalue weighted by Gasteiger charge is 2.32. The Balaban J connectivity index is 1.67. The number of aliphatic hydroxyl groups excluding tert-OH is 1. The first-order valence-electron chi connectivity index (χ1n) is 7.97. The Bertz CT molecular complexity index is 565. The second kappa shape index (κ2) is 6.48. The normalized spacial score (nSPS) is 27.7. The van der Waals surface area contributed by atoms with Crippen LogP contribution in [0.3, 0.4) is 0 Å².